The molecule has 2 aromatic carbocycles. The average molecular weight is 367 g/mol. The topological polar surface area (TPSA) is 73.6 Å². The number of Topliss-reactive ketones (excluding diaryl/α,β-unsaturated/α-hetero) is 2. The smallest absolute Gasteiger partial charge is 0.336 e. The summed E-state index contributed by atoms with van der Waals surface area (Å²) in [6, 6.07) is 12.6. The number of allylic oxidation sites excluding steroid dienone is 2. The summed E-state index contributed by atoms with van der Waals surface area (Å²) in [6.45, 7) is 1.79. The van der Waals surface area contributed by atoms with E-state index in [0.717, 1.165) is 10.9 Å². The van der Waals surface area contributed by atoms with Gasteiger partial charge in [-0.25, -0.2) is 4.79 Å². The molecule has 0 bridgehead atoms. The van der Waals surface area contributed by atoms with Crippen molar-refractivity contribution >= 4 is 34.1 Å². The van der Waals surface area contributed by atoms with Gasteiger partial charge in [0, 0.05) is 28.6 Å². The maximum atomic E-state index is 12.7. The van der Waals surface area contributed by atoms with Crippen LogP contribution in [0.2, 0.25) is 0 Å². The maximum absolute atomic E-state index is 12.7. The van der Waals surface area contributed by atoms with Crippen LogP contribution in [-0.2, 0) is 0 Å². The Morgan fingerprint density at radius 3 is 2.35 bits per heavy atom. The minimum absolute atomic E-state index is 0.236. The second kappa shape index (κ2) is 5.97. The normalized spacial score (nSPS) is 13.9. The van der Waals surface area contributed by atoms with E-state index in [2.05, 4.69) is 0 Å². The number of benzene rings is 2. The number of carbonyl (C=O) groups is 2. The summed E-state index contributed by atoms with van der Waals surface area (Å²) in [6.07, 6.45) is 0. The Morgan fingerprint density at radius 1 is 0.923 bits per heavy atom. The lowest BCUT2D eigenvalue weighted by Crippen LogP contribution is -2.23. The quantitative estimate of drug-likeness (QED) is 0.641. The van der Waals surface area contributed by atoms with E-state index in [0.29, 0.717) is 5.58 Å². The fraction of sp³-hybridized carbons (Fsp3) is 0.0500. The minimum Gasteiger partial charge on any atom is -0.451 e. The van der Waals surface area contributed by atoms with E-state index < -0.39 is 17.2 Å². The molecule has 5 nitrogen and oxygen atoms in total. The van der Waals surface area contributed by atoms with Gasteiger partial charge in [-0.15, -0.1) is 0 Å². The lowest BCUT2D eigenvalue weighted by atomic mass is 9.93. The Bertz CT molecular complexity index is 1190. The Morgan fingerprint density at radius 2 is 1.62 bits per heavy atom. The zero-order chi connectivity index (χ0) is 18.4. The second-order valence-electron chi connectivity index (χ2n) is 5.86. The second-order valence-corrected chi connectivity index (χ2v) is 6.23. The van der Waals surface area contributed by atoms with Crippen LogP contribution in [0.4, 0.5) is 0 Å². The number of ether oxygens (including phenoxy) is 1. The third-order valence-electron chi connectivity index (χ3n) is 4.16. The van der Waals surface area contributed by atoms with Crippen LogP contribution in [0.5, 0.6) is 5.75 Å². The first kappa shape index (κ1) is 16.3. The molecule has 1 aromatic heterocycles. The maximum Gasteiger partial charge on any atom is 0.336 e. The lowest BCUT2D eigenvalue weighted by molar-refractivity contribution is 0.0943. The van der Waals surface area contributed by atoms with Crippen molar-refractivity contribution < 1.29 is 18.7 Å². The summed E-state index contributed by atoms with van der Waals surface area (Å²) in [4.78, 5) is 36.6. The average Bonchev–Trinajstić information content (AvgIpc) is 2.63. The summed E-state index contributed by atoms with van der Waals surface area (Å²) in [7, 11) is 0. The Hall–Kier alpha value is -3.18. The number of aryl methyl sites for hydroxylation is 1. The van der Waals surface area contributed by atoms with Crippen LogP contribution in [0.1, 0.15) is 26.3 Å². The van der Waals surface area contributed by atoms with Gasteiger partial charge in [0.25, 0.3) is 0 Å². The number of rotatable bonds is 2. The van der Waals surface area contributed by atoms with Gasteiger partial charge >= 0.3 is 5.63 Å². The zero-order valence-electron chi connectivity index (χ0n) is 13.5. The molecule has 128 valence electrons. The van der Waals surface area contributed by atoms with Crippen molar-refractivity contribution in [3.05, 3.63) is 86.4 Å². The molecule has 0 saturated carbocycles. The Kier molecular flexibility index (Phi) is 3.74. The molecular formula is C20H11ClO5. The van der Waals surface area contributed by atoms with Crippen LogP contribution < -0.4 is 10.4 Å². The van der Waals surface area contributed by atoms with Gasteiger partial charge in [-0.3, -0.25) is 9.59 Å². The molecule has 0 atom stereocenters. The summed E-state index contributed by atoms with van der Waals surface area (Å²) >= 11 is 6.09. The standard InChI is InChI=1S/C20H11ClO5/c1-10-8-16(22)26-15-9-11(6-7-12(10)15)25-20-17(21)18(23)13-4-2-3-5-14(13)19(20)24/h2-9H,1H3. The summed E-state index contributed by atoms with van der Waals surface area (Å²) in [5, 5.41) is 0.466. The van der Waals surface area contributed by atoms with Crippen LogP contribution in [-0.4, -0.2) is 11.6 Å². The van der Waals surface area contributed by atoms with Crippen LogP contribution in [0.3, 0.4) is 0 Å². The van der Waals surface area contributed by atoms with Crippen LogP contribution in [0.25, 0.3) is 11.0 Å². The van der Waals surface area contributed by atoms with E-state index in [9.17, 15) is 14.4 Å². The van der Waals surface area contributed by atoms with Crippen molar-refractivity contribution in [2.24, 2.45) is 0 Å². The predicted molar refractivity (Wildman–Crippen MR) is 95.8 cm³/mol. The number of fused-ring (bicyclic) bond motifs is 2. The van der Waals surface area contributed by atoms with Crippen molar-refractivity contribution in [1.29, 1.82) is 0 Å². The van der Waals surface area contributed by atoms with Crippen molar-refractivity contribution in [2.45, 2.75) is 6.92 Å². The Labute approximate surface area is 152 Å². The molecule has 0 saturated heterocycles. The summed E-state index contributed by atoms with van der Waals surface area (Å²) in [5.74, 6) is -0.958. The predicted octanol–water partition coefficient (Wildman–Crippen LogP) is 4.01. The molecule has 4 rings (SSSR count). The fourth-order valence-corrected chi connectivity index (χ4v) is 3.13. The highest BCUT2D eigenvalue weighted by Crippen LogP contribution is 2.31. The third kappa shape index (κ3) is 2.53. The molecule has 0 amide bonds. The molecule has 0 fully saturated rings. The highest BCUT2D eigenvalue weighted by molar-refractivity contribution is 6.49. The first-order valence-electron chi connectivity index (χ1n) is 7.76. The van der Waals surface area contributed by atoms with Gasteiger partial charge in [0.05, 0.1) is 0 Å². The van der Waals surface area contributed by atoms with Gasteiger partial charge < -0.3 is 9.15 Å². The lowest BCUT2D eigenvalue weighted by Gasteiger charge is -2.18. The summed E-state index contributed by atoms with van der Waals surface area (Å²) in [5.41, 5.74) is 1.08. The van der Waals surface area contributed by atoms with E-state index in [1.807, 2.05) is 0 Å². The van der Waals surface area contributed by atoms with Crippen LogP contribution in [0, 0.1) is 6.92 Å². The first-order valence-corrected chi connectivity index (χ1v) is 8.14. The number of carbonyl (C=O) groups excluding carboxylic acids is 2. The third-order valence-corrected chi connectivity index (χ3v) is 4.51. The molecular weight excluding hydrogens is 356 g/mol. The van der Waals surface area contributed by atoms with E-state index in [-0.39, 0.29) is 27.7 Å². The van der Waals surface area contributed by atoms with Gasteiger partial charge in [0.2, 0.25) is 11.6 Å². The van der Waals surface area contributed by atoms with Crippen LogP contribution >= 0.6 is 11.6 Å². The number of hydrogen-bond acceptors (Lipinski definition) is 5. The molecule has 1 aliphatic carbocycles. The summed E-state index contributed by atoms with van der Waals surface area (Å²) < 4.78 is 10.8. The SMILES string of the molecule is Cc1cc(=O)oc2cc(OC3=C(Cl)C(=O)c4ccccc4C3=O)ccc12. The van der Waals surface area contributed by atoms with E-state index in [1.165, 1.54) is 12.1 Å². The number of hydrogen-bond donors (Lipinski definition) is 0. The molecule has 6 heteroatoms. The highest BCUT2D eigenvalue weighted by atomic mass is 35.5. The minimum atomic E-state index is -0.484. The molecule has 0 spiro atoms. The van der Waals surface area contributed by atoms with Gasteiger partial charge in [-0.1, -0.05) is 35.9 Å². The van der Waals surface area contributed by atoms with Gasteiger partial charge in [0.15, 0.2) is 5.76 Å². The van der Waals surface area contributed by atoms with Crippen molar-refractivity contribution in [2.75, 3.05) is 0 Å². The van der Waals surface area contributed by atoms with Crippen LogP contribution in [0.15, 0.2) is 68.5 Å². The zero-order valence-corrected chi connectivity index (χ0v) is 14.3. The Balaban J connectivity index is 1.79. The largest absolute Gasteiger partial charge is 0.451 e. The highest BCUT2D eigenvalue weighted by Gasteiger charge is 2.33. The van der Waals surface area contributed by atoms with Gasteiger partial charge in [0.1, 0.15) is 16.4 Å². The fourth-order valence-electron chi connectivity index (χ4n) is 2.90. The molecule has 1 heterocycles. The van der Waals surface area contributed by atoms with Crippen molar-refractivity contribution in [3.8, 4) is 5.75 Å². The van der Waals surface area contributed by atoms with Gasteiger partial charge in [-0.2, -0.15) is 0 Å². The molecule has 1 aliphatic rings. The molecule has 0 unspecified atom stereocenters. The molecule has 0 radical (unpaired) electrons. The molecule has 0 N–H and O–H groups in total. The molecule has 3 aromatic rings. The number of ketones is 2. The van der Waals surface area contributed by atoms with E-state index in [4.69, 9.17) is 20.8 Å². The molecule has 26 heavy (non-hydrogen) atoms. The monoisotopic (exact) mass is 366 g/mol. The van der Waals surface area contributed by atoms with Gasteiger partial charge in [-0.05, 0) is 24.6 Å². The molecule has 0 aliphatic heterocycles. The van der Waals surface area contributed by atoms with Crippen molar-refractivity contribution in [3.63, 3.8) is 0 Å². The first-order chi connectivity index (χ1) is 12.5. The van der Waals surface area contributed by atoms with E-state index in [1.54, 1.807) is 43.3 Å². The van der Waals surface area contributed by atoms with E-state index >= 15 is 0 Å². The van der Waals surface area contributed by atoms with Crippen molar-refractivity contribution in [1.82, 2.24) is 0 Å². The number of halogens is 1.